The van der Waals surface area contributed by atoms with Crippen molar-refractivity contribution in [2.75, 3.05) is 31.1 Å². The minimum atomic E-state index is 0. The van der Waals surface area contributed by atoms with Crippen LogP contribution >= 0.6 is 23.7 Å². The van der Waals surface area contributed by atoms with Crippen LogP contribution in [0.5, 0.6) is 0 Å². The van der Waals surface area contributed by atoms with E-state index in [4.69, 9.17) is 0 Å². The smallest absolute Gasteiger partial charge is 0.185 e. The molecule has 3 rings (SSSR count). The summed E-state index contributed by atoms with van der Waals surface area (Å²) >= 11 is 1.76. The second-order valence-electron chi connectivity index (χ2n) is 4.43. The third-order valence-corrected chi connectivity index (χ3v) is 4.17. The van der Waals surface area contributed by atoms with Gasteiger partial charge in [0.05, 0.1) is 4.88 Å². The summed E-state index contributed by atoms with van der Waals surface area (Å²) < 4.78 is 0. The van der Waals surface area contributed by atoms with Crippen molar-refractivity contribution in [1.82, 2.24) is 15.3 Å². The van der Waals surface area contributed by atoms with Crippen molar-refractivity contribution < 1.29 is 0 Å². The Kier molecular flexibility index (Phi) is 4.74. The quantitative estimate of drug-likeness (QED) is 0.923. The summed E-state index contributed by atoms with van der Waals surface area (Å²) in [5.41, 5.74) is 2.26. The molecule has 0 radical (unpaired) electrons. The van der Waals surface area contributed by atoms with Gasteiger partial charge >= 0.3 is 0 Å². The Balaban J connectivity index is 0.00000133. The molecule has 1 aliphatic heterocycles. The number of nitrogens with one attached hydrogen (secondary N) is 1. The van der Waals surface area contributed by atoms with Gasteiger partial charge in [0, 0.05) is 44.3 Å². The number of nitrogens with zero attached hydrogens (tertiary/aromatic N) is 3. The van der Waals surface area contributed by atoms with E-state index in [0.29, 0.717) is 0 Å². The standard InChI is InChI=1S/C13H16N4S.ClH/c1-10-8-11(2-3-15-10)12-9-16-13(18-12)17-6-4-14-5-7-17;/h2-3,8-9,14H,4-7H2,1H3;1H. The van der Waals surface area contributed by atoms with E-state index in [1.165, 1.54) is 10.4 Å². The van der Waals surface area contributed by atoms with Crippen molar-refractivity contribution in [3.05, 3.63) is 30.2 Å². The van der Waals surface area contributed by atoms with Crippen LogP contribution in [0.2, 0.25) is 0 Å². The largest absolute Gasteiger partial charge is 0.346 e. The van der Waals surface area contributed by atoms with Crippen LogP contribution < -0.4 is 10.2 Å². The number of hydrogen-bond donors (Lipinski definition) is 1. The lowest BCUT2D eigenvalue weighted by Gasteiger charge is -2.26. The number of piperazine rings is 1. The van der Waals surface area contributed by atoms with Crippen LogP contribution in [0.4, 0.5) is 5.13 Å². The Hall–Kier alpha value is -1.17. The van der Waals surface area contributed by atoms with Crippen molar-refractivity contribution in [3.8, 4) is 10.4 Å². The van der Waals surface area contributed by atoms with Gasteiger partial charge in [-0.1, -0.05) is 11.3 Å². The molecule has 0 spiro atoms. The van der Waals surface area contributed by atoms with Gasteiger partial charge in [-0.25, -0.2) is 4.98 Å². The average molecular weight is 297 g/mol. The van der Waals surface area contributed by atoms with Crippen molar-refractivity contribution in [1.29, 1.82) is 0 Å². The molecule has 0 bridgehead atoms. The minimum Gasteiger partial charge on any atom is -0.346 e. The fourth-order valence-electron chi connectivity index (χ4n) is 2.10. The first-order valence-corrected chi connectivity index (χ1v) is 6.99. The van der Waals surface area contributed by atoms with Crippen molar-refractivity contribution in [3.63, 3.8) is 0 Å². The number of anilines is 1. The summed E-state index contributed by atoms with van der Waals surface area (Å²) in [6.45, 7) is 6.19. The highest BCUT2D eigenvalue weighted by atomic mass is 35.5. The predicted octanol–water partition coefficient (Wildman–Crippen LogP) is 2.34. The third-order valence-electron chi connectivity index (χ3n) is 3.06. The maximum atomic E-state index is 4.54. The first-order chi connectivity index (χ1) is 8.83. The lowest BCUT2D eigenvalue weighted by atomic mass is 10.2. The van der Waals surface area contributed by atoms with E-state index >= 15 is 0 Å². The Morgan fingerprint density at radius 3 is 2.79 bits per heavy atom. The molecule has 2 aromatic heterocycles. The lowest BCUT2D eigenvalue weighted by Crippen LogP contribution is -2.43. The summed E-state index contributed by atoms with van der Waals surface area (Å²) in [6.07, 6.45) is 3.83. The summed E-state index contributed by atoms with van der Waals surface area (Å²) in [5, 5.41) is 4.48. The number of aromatic nitrogens is 2. The van der Waals surface area contributed by atoms with Gasteiger partial charge in [-0.05, 0) is 24.6 Å². The molecule has 0 saturated carbocycles. The highest BCUT2D eigenvalue weighted by Crippen LogP contribution is 2.31. The Morgan fingerprint density at radius 1 is 1.26 bits per heavy atom. The number of thiazole rings is 1. The fourth-order valence-corrected chi connectivity index (χ4v) is 3.06. The average Bonchev–Trinajstić information content (AvgIpc) is 2.89. The number of pyridine rings is 1. The van der Waals surface area contributed by atoms with Crippen LogP contribution in [0.15, 0.2) is 24.5 Å². The molecule has 0 amide bonds. The Bertz CT molecular complexity index is 537. The molecule has 2 aromatic rings. The van der Waals surface area contributed by atoms with Crippen LogP contribution in [-0.2, 0) is 0 Å². The highest BCUT2D eigenvalue weighted by molar-refractivity contribution is 7.18. The van der Waals surface area contributed by atoms with E-state index in [2.05, 4.69) is 26.3 Å². The molecule has 1 N–H and O–H groups in total. The molecule has 3 heterocycles. The topological polar surface area (TPSA) is 41.1 Å². The number of rotatable bonds is 2. The zero-order valence-electron chi connectivity index (χ0n) is 10.8. The zero-order valence-corrected chi connectivity index (χ0v) is 12.4. The van der Waals surface area contributed by atoms with Gasteiger partial charge in [-0.2, -0.15) is 0 Å². The van der Waals surface area contributed by atoms with Gasteiger partial charge < -0.3 is 10.2 Å². The predicted molar refractivity (Wildman–Crippen MR) is 82.4 cm³/mol. The maximum absolute atomic E-state index is 4.54. The molecule has 1 aliphatic rings. The summed E-state index contributed by atoms with van der Waals surface area (Å²) in [6, 6.07) is 4.15. The first kappa shape index (κ1) is 14.2. The van der Waals surface area contributed by atoms with Crippen LogP contribution in [0, 0.1) is 6.92 Å². The van der Waals surface area contributed by atoms with Crippen molar-refractivity contribution in [2.45, 2.75) is 6.92 Å². The van der Waals surface area contributed by atoms with Gasteiger partial charge in [0.2, 0.25) is 0 Å². The molecule has 19 heavy (non-hydrogen) atoms. The van der Waals surface area contributed by atoms with Gasteiger partial charge in [0.25, 0.3) is 0 Å². The van der Waals surface area contributed by atoms with Gasteiger partial charge in [0.1, 0.15) is 0 Å². The van der Waals surface area contributed by atoms with Crippen molar-refractivity contribution in [2.24, 2.45) is 0 Å². The van der Waals surface area contributed by atoms with Gasteiger partial charge in [-0.3, -0.25) is 4.98 Å². The van der Waals surface area contributed by atoms with E-state index in [9.17, 15) is 0 Å². The molecule has 0 aliphatic carbocycles. The molecule has 0 atom stereocenters. The van der Waals surface area contributed by atoms with Gasteiger partial charge in [0.15, 0.2) is 5.13 Å². The molecular formula is C13H17ClN4S. The molecular weight excluding hydrogens is 280 g/mol. The van der Waals surface area contributed by atoms with Crippen LogP contribution in [0.25, 0.3) is 10.4 Å². The van der Waals surface area contributed by atoms with E-state index in [1.54, 1.807) is 11.3 Å². The van der Waals surface area contributed by atoms with E-state index in [-0.39, 0.29) is 12.4 Å². The molecule has 1 saturated heterocycles. The third kappa shape index (κ3) is 3.23. The SMILES string of the molecule is Cc1cc(-c2cnc(N3CCNCC3)s2)ccn1.Cl. The number of hydrogen-bond acceptors (Lipinski definition) is 5. The molecule has 0 unspecified atom stereocenters. The Morgan fingerprint density at radius 2 is 2.05 bits per heavy atom. The number of aryl methyl sites for hydroxylation is 1. The van der Waals surface area contributed by atoms with Crippen LogP contribution in [0.3, 0.4) is 0 Å². The normalized spacial score (nSPS) is 15.1. The maximum Gasteiger partial charge on any atom is 0.185 e. The van der Waals surface area contributed by atoms with E-state index < -0.39 is 0 Å². The second kappa shape index (κ2) is 6.32. The zero-order chi connectivity index (χ0) is 12.4. The second-order valence-corrected chi connectivity index (χ2v) is 5.44. The van der Waals surface area contributed by atoms with Crippen LogP contribution in [-0.4, -0.2) is 36.1 Å². The monoisotopic (exact) mass is 296 g/mol. The van der Waals surface area contributed by atoms with Crippen molar-refractivity contribution >= 4 is 28.9 Å². The number of halogens is 1. The molecule has 102 valence electrons. The summed E-state index contributed by atoms with van der Waals surface area (Å²) in [5.74, 6) is 0. The van der Waals surface area contributed by atoms with Crippen LogP contribution in [0.1, 0.15) is 5.69 Å². The first-order valence-electron chi connectivity index (χ1n) is 6.17. The highest BCUT2D eigenvalue weighted by Gasteiger charge is 2.14. The fraction of sp³-hybridized carbons (Fsp3) is 0.385. The molecule has 4 nitrogen and oxygen atoms in total. The van der Waals surface area contributed by atoms with Gasteiger partial charge in [-0.15, -0.1) is 12.4 Å². The Labute approximate surface area is 123 Å². The summed E-state index contributed by atoms with van der Waals surface area (Å²) in [4.78, 5) is 12.3. The summed E-state index contributed by atoms with van der Waals surface area (Å²) in [7, 11) is 0. The lowest BCUT2D eigenvalue weighted by molar-refractivity contribution is 0.588. The van der Waals surface area contributed by atoms with E-state index in [0.717, 1.165) is 37.0 Å². The minimum absolute atomic E-state index is 0. The van der Waals surface area contributed by atoms with E-state index in [1.807, 2.05) is 25.4 Å². The molecule has 0 aromatic carbocycles. The molecule has 6 heteroatoms. The molecule has 1 fully saturated rings.